The third kappa shape index (κ3) is 4.52. The second-order valence-electron chi connectivity index (χ2n) is 8.44. The van der Waals surface area contributed by atoms with Crippen molar-refractivity contribution in [2.45, 2.75) is 19.4 Å². The number of carbonyl (C=O) groups excluding carboxylic acids is 1. The van der Waals surface area contributed by atoms with Crippen LogP contribution in [0.25, 0.3) is 11.2 Å². The average molecular weight is 458 g/mol. The number of benzene rings is 2. The number of halogens is 1. The Hall–Kier alpha value is -4.07. The van der Waals surface area contributed by atoms with Gasteiger partial charge < -0.3 is 10.2 Å². The molecule has 2 aromatic carbocycles. The lowest BCUT2D eigenvalue weighted by Gasteiger charge is -2.32. The molecule has 7 nitrogen and oxygen atoms in total. The summed E-state index contributed by atoms with van der Waals surface area (Å²) < 4.78 is 15.1. The molecule has 0 aliphatic carbocycles. The molecule has 5 rings (SSSR count). The Morgan fingerprint density at radius 2 is 1.94 bits per heavy atom. The molecule has 1 atom stereocenters. The largest absolute Gasteiger partial charge is 0.351 e. The molecule has 1 saturated heterocycles. The van der Waals surface area contributed by atoms with E-state index >= 15 is 0 Å². The number of nitrogens with zero attached hydrogens (tertiary/aromatic N) is 4. The van der Waals surface area contributed by atoms with Crippen molar-refractivity contribution in [1.29, 1.82) is 0 Å². The summed E-state index contributed by atoms with van der Waals surface area (Å²) in [6.07, 6.45) is 3.08. The van der Waals surface area contributed by atoms with Crippen LogP contribution in [-0.2, 0) is 11.3 Å². The number of nitrogens with one attached hydrogen (secondary N) is 1. The van der Waals surface area contributed by atoms with E-state index in [-0.39, 0.29) is 17.4 Å². The lowest BCUT2D eigenvalue weighted by molar-refractivity contribution is -0.120. The Morgan fingerprint density at radius 3 is 2.76 bits per heavy atom. The Kier molecular flexibility index (Phi) is 6.03. The fraction of sp³-hybridized carbons (Fsp3) is 0.231. The topological polar surface area (TPSA) is 80.1 Å². The number of piperidine rings is 1. The summed E-state index contributed by atoms with van der Waals surface area (Å²) in [6.45, 7) is 1.36. The minimum atomic E-state index is -0.406. The minimum absolute atomic E-state index is 0.192. The molecule has 0 saturated carbocycles. The first-order valence-corrected chi connectivity index (χ1v) is 11.3. The number of fused-ring (bicyclic) bond motifs is 1. The zero-order valence-electron chi connectivity index (χ0n) is 18.5. The van der Waals surface area contributed by atoms with Crippen molar-refractivity contribution < 1.29 is 9.18 Å². The van der Waals surface area contributed by atoms with Gasteiger partial charge in [-0.15, -0.1) is 0 Å². The van der Waals surface area contributed by atoms with Gasteiger partial charge in [-0.2, -0.15) is 0 Å². The van der Waals surface area contributed by atoms with Crippen LogP contribution in [0.4, 0.5) is 15.9 Å². The summed E-state index contributed by atoms with van der Waals surface area (Å²) in [6, 6.07) is 19.2. The van der Waals surface area contributed by atoms with Crippen LogP contribution in [0, 0.1) is 11.7 Å². The van der Waals surface area contributed by atoms with Crippen LogP contribution < -0.4 is 15.8 Å². The first kappa shape index (κ1) is 21.8. The maximum absolute atomic E-state index is 13.6. The smallest absolute Gasteiger partial charge is 0.295 e. The fourth-order valence-corrected chi connectivity index (χ4v) is 4.38. The summed E-state index contributed by atoms with van der Waals surface area (Å²) in [7, 11) is 0. The molecule has 0 bridgehead atoms. The number of carbonyl (C=O) groups is 1. The van der Waals surface area contributed by atoms with Gasteiger partial charge in [-0.1, -0.05) is 36.4 Å². The minimum Gasteiger partial charge on any atom is -0.351 e. The van der Waals surface area contributed by atoms with Crippen LogP contribution in [-0.4, -0.2) is 33.5 Å². The van der Waals surface area contributed by atoms with Crippen molar-refractivity contribution in [2.75, 3.05) is 23.3 Å². The highest BCUT2D eigenvalue weighted by Crippen LogP contribution is 2.23. The predicted molar refractivity (Wildman–Crippen MR) is 129 cm³/mol. The van der Waals surface area contributed by atoms with Crippen molar-refractivity contribution in [3.63, 3.8) is 0 Å². The van der Waals surface area contributed by atoms with E-state index in [1.165, 1.54) is 12.1 Å². The molecular weight excluding hydrogens is 433 g/mol. The third-order valence-corrected chi connectivity index (χ3v) is 6.05. The van der Waals surface area contributed by atoms with E-state index in [0.717, 1.165) is 12.0 Å². The Morgan fingerprint density at radius 1 is 1.09 bits per heavy atom. The van der Waals surface area contributed by atoms with Crippen molar-refractivity contribution in [2.24, 2.45) is 5.92 Å². The van der Waals surface area contributed by atoms with E-state index in [0.29, 0.717) is 48.7 Å². The highest BCUT2D eigenvalue weighted by atomic mass is 19.1. The number of rotatable bonds is 5. The molecular formula is C26H24FN5O2. The van der Waals surface area contributed by atoms with Gasteiger partial charge in [0.1, 0.15) is 11.3 Å². The first-order valence-electron chi connectivity index (χ1n) is 11.3. The summed E-state index contributed by atoms with van der Waals surface area (Å²) >= 11 is 0. The maximum atomic E-state index is 13.6. The van der Waals surface area contributed by atoms with Crippen LogP contribution in [0.5, 0.6) is 0 Å². The molecule has 1 fully saturated rings. The SMILES string of the molecule is O=C(Nc1cccc(F)c1)C1CCCN(c2nc3cccnc3n(Cc3ccccc3)c2=O)C1. The summed E-state index contributed by atoms with van der Waals surface area (Å²) in [5, 5.41) is 2.79. The Labute approximate surface area is 195 Å². The predicted octanol–water partition coefficient (Wildman–Crippen LogP) is 3.83. The molecule has 172 valence electrons. The molecule has 1 aliphatic rings. The molecule has 0 spiro atoms. The molecule has 3 heterocycles. The highest BCUT2D eigenvalue weighted by Gasteiger charge is 2.29. The summed E-state index contributed by atoms with van der Waals surface area (Å²) in [5.74, 6) is -0.622. The molecule has 1 N–H and O–H groups in total. The lowest BCUT2D eigenvalue weighted by Crippen LogP contribution is -2.44. The van der Waals surface area contributed by atoms with Gasteiger partial charge in [0.2, 0.25) is 5.91 Å². The van der Waals surface area contributed by atoms with Crippen molar-refractivity contribution >= 4 is 28.6 Å². The van der Waals surface area contributed by atoms with Gasteiger partial charge in [-0.05, 0) is 48.7 Å². The van der Waals surface area contributed by atoms with Crippen LogP contribution in [0.2, 0.25) is 0 Å². The Balaban J connectivity index is 1.44. The summed E-state index contributed by atoms with van der Waals surface area (Å²) in [5.41, 5.74) is 2.32. The zero-order chi connectivity index (χ0) is 23.5. The average Bonchev–Trinajstić information content (AvgIpc) is 2.86. The van der Waals surface area contributed by atoms with Gasteiger partial charge in [0, 0.05) is 25.0 Å². The second kappa shape index (κ2) is 9.43. The van der Waals surface area contributed by atoms with Crippen molar-refractivity contribution in [3.8, 4) is 0 Å². The highest BCUT2D eigenvalue weighted by molar-refractivity contribution is 5.93. The number of hydrogen-bond donors (Lipinski definition) is 1. The quantitative estimate of drug-likeness (QED) is 0.493. The molecule has 1 amide bonds. The number of anilines is 2. The molecule has 8 heteroatoms. The van der Waals surface area contributed by atoms with Crippen LogP contribution in [0.3, 0.4) is 0 Å². The van der Waals surface area contributed by atoms with Crippen molar-refractivity contribution in [1.82, 2.24) is 14.5 Å². The summed E-state index contributed by atoms with van der Waals surface area (Å²) in [4.78, 5) is 37.4. The van der Waals surface area contributed by atoms with Gasteiger partial charge in [0.05, 0.1) is 12.5 Å². The van der Waals surface area contributed by atoms with E-state index in [2.05, 4.69) is 15.3 Å². The number of hydrogen-bond acceptors (Lipinski definition) is 5. The molecule has 0 radical (unpaired) electrons. The van der Waals surface area contributed by atoms with E-state index in [1.807, 2.05) is 41.3 Å². The zero-order valence-corrected chi connectivity index (χ0v) is 18.5. The molecule has 4 aromatic rings. The molecule has 2 aromatic heterocycles. The van der Waals surface area contributed by atoms with E-state index in [4.69, 9.17) is 0 Å². The second-order valence-corrected chi connectivity index (χ2v) is 8.44. The van der Waals surface area contributed by atoms with Gasteiger partial charge in [0.25, 0.3) is 5.56 Å². The standard InChI is InChI=1S/C26H24FN5O2/c27-20-10-4-11-21(15-20)29-25(33)19-9-6-14-31(17-19)24-26(34)32(16-18-7-2-1-3-8-18)23-22(30-24)12-5-13-28-23/h1-5,7-8,10-13,15,19H,6,9,14,16-17H2,(H,29,33). The van der Waals surface area contributed by atoms with E-state index in [1.54, 1.807) is 29.0 Å². The maximum Gasteiger partial charge on any atom is 0.295 e. The monoisotopic (exact) mass is 457 g/mol. The first-order chi connectivity index (χ1) is 16.6. The number of amides is 1. The van der Waals surface area contributed by atoms with Crippen LogP contribution >= 0.6 is 0 Å². The van der Waals surface area contributed by atoms with Gasteiger partial charge >= 0.3 is 0 Å². The normalized spacial score (nSPS) is 15.9. The van der Waals surface area contributed by atoms with Gasteiger partial charge in [-0.25, -0.2) is 14.4 Å². The van der Waals surface area contributed by atoms with Gasteiger partial charge in [-0.3, -0.25) is 14.2 Å². The van der Waals surface area contributed by atoms with Crippen LogP contribution in [0.15, 0.2) is 77.7 Å². The van der Waals surface area contributed by atoms with Crippen LogP contribution in [0.1, 0.15) is 18.4 Å². The van der Waals surface area contributed by atoms with Gasteiger partial charge in [0.15, 0.2) is 11.5 Å². The fourth-order valence-electron chi connectivity index (χ4n) is 4.38. The number of aromatic nitrogens is 3. The van der Waals surface area contributed by atoms with E-state index in [9.17, 15) is 14.0 Å². The molecule has 1 aliphatic heterocycles. The third-order valence-electron chi connectivity index (χ3n) is 6.05. The van der Waals surface area contributed by atoms with Crippen molar-refractivity contribution in [3.05, 3.63) is 94.7 Å². The molecule has 1 unspecified atom stereocenters. The number of pyridine rings is 1. The Bertz CT molecular complexity index is 1390. The lowest BCUT2D eigenvalue weighted by atomic mass is 9.97. The van der Waals surface area contributed by atoms with E-state index < -0.39 is 5.82 Å². The molecule has 34 heavy (non-hydrogen) atoms.